The lowest BCUT2D eigenvalue weighted by atomic mass is 10.1. The average Bonchev–Trinajstić information content (AvgIpc) is 3.10. The van der Waals surface area contributed by atoms with Gasteiger partial charge in [-0.2, -0.15) is 0 Å². The summed E-state index contributed by atoms with van der Waals surface area (Å²) >= 11 is 1.47. The Labute approximate surface area is 153 Å². The summed E-state index contributed by atoms with van der Waals surface area (Å²) in [5, 5.41) is 4.95. The molecular formula is C18H15N3O4S. The molecule has 3 amide bonds. The summed E-state index contributed by atoms with van der Waals surface area (Å²) in [6.45, 7) is -0.555. The molecule has 0 aliphatic rings. The first-order valence-corrected chi connectivity index (χ1v) is 8.54. The van der Waals surface area contributed by atoms with Gasteiger partial charge in [0.15, 0.2) is 6.61 Å². The lowest BCUT2D eigenvalue weighted by Crippen LogP contribution is -2.39. The van der Waals surface area contributed by atoms with Crippen LogP contribution in [0.3, 0.4) is 0 Å². The van der Waals surface area contributed by atoms with Gasteiger partial charge in [-0.1, -0.05) is 30.3 Å². The van der Waals surface area contributed by atoms with Crippen LogP contribution in [0, 0.1) is 0 Å². The zero-order valence-electron chi connectivity index (χ0n) is 13.8. The van der Waals surface area contributed by atoms with Crippen molar-refractivity contribution in [3.8, 4) is 10.6 Å². The first-order chi connectivity index (χ1) is 12.6. The lowest BCUT2D eigenvalue weighted by molar-refractivity contribution is -0.123. The van der Waals surface area contributed by atoms with Gasteiger partial charge in [-0.3, -0.25) is 10.1 Å². The van der Waals surface area contributed by atoms with Crippen LogP contribution in [0.1, 0.15) is 10.4 Å². The number of fused-ring (bicyclic) bond motifs is 1. The second-order valence-electron chi connectivity index (χ2n) is 5.24. The number of hydrogen-bond acceptors (Lipinski definition) is 6. The van der Waals surface area contributed by atoms with Gasteiger partial charge >= 0.3 is 12.0 Å². The number of carbonyl (C=O) groups excluding carboxylic acids is 3. The van der Waals surface area contributed by atoms with Gasteiger partial charge in [0.05, 0.1) is 15.8 Å². The van der Waals surface area contributed by atoms with Gasteiger partial charge < -0.3 is 10.1 Å². The Bertz CT molecular complexity index is 950. The van der Waals surface area contributed by atoms with E-state index in [2.05, 4.69) is 10.3 Å². The van der Waals surface area contributed by atoms with Crippen LogP contribution in [-0.4, -0.2) is 36.5 Å². The molecule has 0 aliphatic carbocycles. The third-order valence-corrected chi connectivity index (χ3v) is 4.56. The molecule has 132 valence electrons. The quantitative estimate of drug-likeness (QED) is 0.689. The third-order valence-electron chi connectivity index (χ3n) is 3.49. The van der Waals surface area contributed by atoms with E-state index in [-0.39, 0.29) is 0 Å². The second kappa shape index (κ2) is 7.75. The Morgan fingerprint density at radius 3 is 2.58 bits per heavy atom. The molecule has 0 saturated carbocycles. The Morgan fingerprint density at radius 1 is 1.08 bits per heavy atom. The molecule has 0 spiro atoms. The second-order valence-corrected chi connectivity index (χ2v) is 6.27. The monoisotopic (exact) mass is 369 g/mol. The van der Waals surface area contributed by atoms with Crippen LogP contribution in [0.25, 0.3) is 20.8 Å². The molecule has 0 bridgehead atoms. The van der Waals surface area contributed by atoms with E-state index in [1.54, 1.807) is 24.3 Å². The number of urea groups is 1. The molecular weight excluding hydrogens is 354 g/mol. The topological polar surface area (TPSA) is 97.4 Å². The van der Waals surface area contributed by atoms with Crippen molar-refractivity contribution >= 4 is 39.5 Å². The maximum Gasteiger partial charge on any atom is 0.339 e. The number of hydrogen-bond donors (Lipinski definition) is 2. The molecule has 1 heterocycles. The Hall–Kier alpha value is -3.26. The van der Waals surface area contributed by atoms with Crippen LogP contribution in [0.4, 0.5) is 4.79 Å². The van der Waals surface area contributed by atoms with Gasteiger partial charge in [0.1, 0.15) is 5.01 Å². The summed E-state index contributed by atoms with van der Waals surface area (Å²) in [5.74, 6) is -1.37. The molecule has 8 heteroatoms. The Balaban J connectivity index is 1.79. The molecule has 0 unspecified atom stereocenters. The number of ether oxygens (including phenoxy) is 1. The van der Waals surface area contributed by atoms with E-state index in [4.69, 9.17) is 4.74 Å². The highest BCUT2D eigenvalue weighted by molar-refractivity contribution is 7.21. The number of nitrogens with zero attached hydrogens (tertiary/aromatic N) is 1. The molecule has 26 heavy (non-hydrogen) atoms. The maximum atomic E-state index is 12.4. The van der Waals surface area contributed by atoms with Gasteiger partial charge in [0.2, 0.25) is 0 Å². The van der Waals surface area contributed by atoms with Crippen LogP contribution in [-0.2, 0) is 9.53 Å². The van der Waals surface area contributed by atoms with Crippen molar-refractivity contribution in [3.63, 3.8) is 0 Å². The fraction of sp³-hybridized carbons (Fsp3) is 0.111. The first kappa shape index (κ1) is 17.6. The van der Waals surface area contributed by atoms with Crippen LogP contribution in [0.2, 0.25) is 0 Å². The van der Waals surface area contributed by atoms with Crippen molar-refractivity contribution in [2.45, 2.75) is 0 Å². The number of aromatic nitrogens is 1. The summed E-state index contributed by atoms with van der Waals surface area (Å²) in [6.07, 6.45) is 0. The molecule has 2 aromatic carbocycles. The normalized spacial score (nSPS) is 10.3. The largest absolute Gasteiger partial charge is 0.452 e. The van der Waals surface area contributed by atoms with Crippen LogP contribution in [0.5, 0.6) is 0 Å². The number of para-hydroxylation sites is 1. The minimum absolute atomic E-state index is 0.305. The van der Waals surface area contributed by atoms with E-state index in [0.29, 0.717) is 16.1 Å². The lowest BCUT2D eigenvalue weighted by Gasteiger charge is -2.08. The highest BCUT2D eigenvalue weighted by Crippen LogP contribution is 2.32. The first-order valence-electron chi connectivity index (χ1n) is 7.72. The molecule has 0 radical (unpaired) electrons. The molecule has 0 fully saturated rings. The number of amides is 3. The summed E-state index contributed by atoms with van der Waals surface area (Å²) in [7, 11) is 1.38. The van der Waals surface area contributed by atoms with Gasteiger partial charge in [-0.25, -0.2) is 14.6 Å². The number of imide groups is 1. The van der Waals surface area contributed by atoms with Crippen LogP contribution >= 0.6 is 11.3 Å². The molecule has 0 atom stereocenters. The number of esters is 1. The van der Waals surface area contributed by atoms with Crippen molar-refractivity contribution < 1.29 is 19.1 Å². The summed E-state index contributed by atoms with van der Waals surface area (Å²) in [6, 6.07) is 13.9. The fourth-order valence-electron chi connectivity index (χ4n) is 2.27. The van der Waals surface area contributed by atoms with E-state index in [9.17, 15) is 14.4 Å². The summed E-state index contributed by atoms with van der Waals surface area (Å²) in [4.78, 5) is 39.6. The van der Waals surface area contributed by atoms with Crippen molar-refractivity contribution in [1.82, 2.24) is 15.6 Å². The number of carbonyl (C=O) groups is 3. The molecule has 0 saturated heterocycles. The van der Waals surface area contributed by atoms with Crippen LogP contribution < -0.4 is 10.6 Å². The zero-order chi connectivity index (χ0) is 18.5. The Kier molecular flexibility index (Phi) is 5.23. The highest BCUT2D eigenvalue weighted by atomic mass is 32.1. The van der Waals surface area contributed by atoms with Crippen LogP contribution in [0.15, 0.2) is 48.5 Å². The van der Waals surface area contributed by atoms with Crippen molar-refractivity contribution in [3.05, 3.63) is 54.1 Å². The minimum atomic E-state index is -0.713. The molecule has 7 nitrogen and oxygen atoms in total. The van der Waals surface area contributed by atoms with Gasteiger partial charge in [-0.05, 0) is 18.2 Å². The predicted molar refractivity (Wildman–Crippen MR) is 97.9 cm³/mol. The molecule has 1 aromatic heterocycles. The van der Waals surface area contributed by atoms with E-state index >= 15 is 0 Å². The molecule has 0 aliphatic heterocycles. The number of benzene rings is 2. The summed E-state index contributed by atoms with van der Waals surface area (Å²) in [5.41, 5.74) is 1.78. The predicted octanol–water partition coefficient (Wildman–Crippen LogP) is 2.58. The SMILES string of the molecule is CNC(=O)NC(=O)COC(=O)c1ccccc1-c1nc2ccccc2s1. The standard InChI is InChI=1S/C18H15N3O4S/c1-19-18(24)21-15(22)10-25-17(23)12-7-3-2-6-11(12)16-20-13-8-4-5-9-14(13)26-16/h2-9H,10H2,1H3,(H2,19,21,22,24). The molecule has 2 N–H and O–H groups in total. The Morgan fingerprint density at radius 2 is 1.81 bits per heavy atom. The maximum absolute atomic E-state index is 12.4. The van der Waals surface area contributed by atoms with Crippen molar-refractivity contribution in [2.75, 3.05) is 13.7 Å². The van der Waals surface area contributed by atoms with Crippen molar-refractivity contribution in [1.29, 1.82) is 0 Å². The molecule has 3 rings (SSSR count). The van der Waals surface area contributed by atoms with Crippen molar-refractivity contribution in [2.24, 2.45) is 0 Å². The number of thiazole rings is 1. The van der Waals surface area contributed by atoms with Gasteiger partial charge in [-0.15, -0.1) is 11.3 Å². The zero-order valence-corrected chi connectivity index (χ0v) is 14.6. The third kappa shape index (κ3) is 3.86. The molecule has 3 aromatic rings. The summed E-state index contributed by atoms with van der Waals surface area (Å²) < 4.78 is 6.03. The highest BCUT2D eigenvalue weighted by Gasteiger charge is 2.18. The van der Waals surface area contributed by atoms with Gasteiger partial charge in [0.25, 0.3) is 5.91 Å². The smallest absolute Gasteiger partial charge is 0.339 e. The number of rotatable bonds is 4. The van der Waals surface area contributed by atoms with E-state index in [1.807, 2.05) is 29.6 Å². The van der Waals surface area contributed by atoms with E-state index in [0.717, 1.165) is 10.2 Å². The number of nitrogens with one attached hydrogen (secondary N) is 2. The minimum Gasteiger partial charge on any atom is -0.452 e. The van der Waals surface area contributed by atoms with Gasteiger partial charge in [0, 0.05) is 12.6 Å². The van der Waals surface area contributed by atoms with E-state index in [1.165, 1.54) is 18.4 Å². The fourth-order valence-corrected chi connectivity index (χ4v) is 3.27. The average molecular weight is 369 g/mol. The van der Waals surface area contributed by atoms with E-state index < -0.39 is 24.5 Å².